The highest BCUT2D eigenvalue weighted by molar-refractivity contribution is 6.31. The van der Waals surface area contributed by atoms with Gasteiger partial charge >= 0.3 is 0 Å². The molecule has 0 aliphatic heterocycles. The summed E-state index contributed by atoms with van der Waals surface area (Å²) in [6.07, 6.45) is 0. The van der Waals surface area contributed by atoms with Gasteiger partial charge in [-0.15, -0.1) is 0 Å². The van der Waals surface area contributed by atoms with Crippen molar-refractivity contribution in [3.05, 3.63) is 28.8 Å². The summed E-state index contributed by atoms with van der Waals surface area (Å²) in [5.74, 6) is 0. The van der Waals surface area contributed by atoms with Crippen LogP contribution in [-0.4, -0.2) is 6.54 Å². The highest BCUT2D eigenvalue weighted by Crippen LogP contribution is 2.22. The van der Waals surface area contributed by atoms with E-state index in [1.54, 1.807) is 0 Å². The second-order valence-electron chi connectivity index (χ2n) is 2.44. The molecule has 0 unspecified atom stereocenters. The number of nitrogens with one attached hydrogen (secondary N) is 1. The van der Waals surface area contributed by atoms with E-state index in [-0.39, 0.29) is 0 Å². The molecular weight excluding hydrogens is 182 g/mol. The van der Waals surface area contributed by atoms with Crippen LogP contribution in [0.5, 0.6) is 0 Å². The van der Waals surface area contributed by atoms with Gasteiger partial charge in [0, 0.05) is 17.3 Å². The minimum atomic E-state index is 0.823. The summed E-state index contributed by atoms with van der Waals surface area (Å²) in [7, 11) is 0. The lowest BCUT2D eigenvalue weighted by atomic mass is 10.2. The van der Waals surface area contributed by atoms with Gasteiger partial charge in [0.1, 0.15) is 0 Å². The molecule has 0 bridgehead atoms. The van der Waals surface area contributed by atoms with Gasteiger partial charge in [-0.05, 0) is 31.5 Å². The summed E-state index contributed by atoms with van der Waals surface area (Å²) in [6.45, 7) is 9.02. The molecule has 1 aromatic rings. The molecule has 0 saturated carbocycles. The minimum Gasteiger partial charge on any atom is -0.385 e. The van der Waals surface area contributed by atoms with Crippen LogP contribution in [0.2, 0.25) is 5.02 Å². The van der Waals surface area contributed by atoms with Crippen LogP contribution in [0.15, 0.2) is 18.2 Å². The highest BCUT2D eigenvalue weighted by atomic mass is 35.5. The van der Waals surface area contributed by atoms with Gasteiger partial charge < -0.3 is 5.32 Å². The SMILES string of the molecule is CC.CCNc1cccc(Cl)c1C. The third-order valence-electron chi connectivity index (χ3n) is 1.63. The number of hydrogen-bond acceptors (Lipinski definition) is 1. The summed E-state index contributed by atoms with van der Waals surface area (Å²) >= 11 is 5.91. The first-order chi connectivity index (χ1) is 6.25. The van der Waals surface area contributed by atoms with Gasteiger partial charge in [0.25, 0.3) is 0 Å². The van der Waals surface area contributed by atoms with Gasteiger partial charge in [-0.3, -0.25) is 0 Å². The van der Waals surface area contributed by atoms with Crippen LogP contribution in [0.4, 0.5) is 5.69 Å². The Balaban J connectivity index is 0.000000671. The Labute approximate surface area is 86.1 Å². The first-order valence-electron chi connectivity index (χ1n) is 4.74. The lowest BCUT2D eigenvalue weighted by molar-refractivity contribution is 1.20. The summed E-state index contributed by atoms with van der Waals surface area (Å²) < 4.78 is 0. The molecular formula is C11H18ClN. The molecule has 0 radical (unpaired) electrons. The molecule has 1 aromatic carbocycles. The van der Waals surface area contributed by atoms with E-state index in [0.717, 1.165) is 22.8 Å². The Hall–Kier alpha value is -0.690. The van der Waals surface area contributed by atoms with E-state index in [0.29, 0.717) is 0 Å². The van der Waals surface area contributed by atoms with Crippen LogP contribution in [0, 0.1) is 6.92 Å². The van der Waals surface area contributed by atoms with Gasteiger partial charge in [-0.2, -0.15) is 0 Å². The molecule has 74 valence electrons. The first-order valence-corrected chi connectivity index (χ1v) is 5.12. The molecule has 0 atom stereocenters. The van der Waals surface area contributed by atoms with Crippen LogP contribution in [0.25, 0.3) is 0 Å². The Morgan fingerprint density at radius 1 is 1.31 bits per heavy atom. The molecule has 0 aromatic heterocycles. The molecule has 0 aliphatic rings. The summed E-state index contributed by atoms with van der Waals surface area (Å²) in [4.78, 5) is 0. The van der Waals surface area contributed by atoms with E-state index in [2.05, 4.69) is 12.2 Å². The number of halogens is 1. The van der Waals surface area contributed by atoms with Crippen molar-refractivity contribution in [3.63, 3.8) is 0 Å². The second kappa shape index (κ2) is 6.79. The van der Waals surface area contributed by atoms with Gasteiger partial charge in [-0.1, -0.05) is 31.5 Å². The lowest BCUT2D eigenvalue weighted by Gasteiger charge is -2.07. The second-order valence-corrected chi connectivity index (χ2v) is 2.85. The zero-order chi connectivity index (χ0) is 10.3. The quantitative estimate of drug-likeness (QED) is 0.756. The van der Waals surface area contributed by atoms with Crippen LogP contribution in [0.3, 0.4) is 0 Å². The van der Waals surface area contributed by atoms with Gasteiger partial charge in [0.2, 0.25) is 0 Å². The van der Waals surface area contributed by atoms with Crippen molar-refractivity contribution >= 4 is 17.3 Å². The van der Waals surface area contributed by atoms with E-state index in [4.69, 9.17) is 11.6 Å². The molecule has 0 saturated heterocycles. The normalized spacial score (nSPS) is 8.69. The Kier molecular flexibility index (Phi) is 6.43. The first kappa shape index (κ1) is 12.3. The highest BCUT2D eigenvalue weighted by Gasteiger charge is 1.98. The van der Waals surface area contributed by atoms with Crippen molar-refractivity contribution in [1.29, 1.82) is 0 Å². The number of anilines is 1. The Bertz CT molecular complexity index is 246. The fourth-order valence-corrected chi connectivity index (χ4v) is 1.16. The van der Waals surface area contributed by atoms with E-state index < -0.39 is 0 Å². The molecule has 0 spiro atoms. The molecule has 1 rings (SSSR count). The summed E-state index contributed by atoms with van der Waals surface area (Å²) in [5.41, 5.74) is 2.25. The lowest BCUT2D eigenvalue weighted by Crippen LogP contribution is -1.98. The van der Waals surface area contributed by atoms with Crippen LogP contribution in [-0.2, 0) is 0 Å². The van der Waals surface area contributed by atoms with Crippen molar-refractivity contribution in [1.82, 2.24) is 0 Å². The zero-order valence-corrected chi connectivity index (χ0v) is 9.57. The van der Waals surface area contributed by atoms with E-state index >= 15 is 0 Å². The van der Waals surface area contributed by atoms with Crippen molar-refractivity contribution in [3.8, 4) is 0 Å². The van der Waals surface area contributed by atoms with Crippen molar-refractivity contribution in [2.24, 2.45) is 0 Å². The number of benzene rings is 1. The molecule has 0 amide bonds. The number of rotatable bonds is 2. The maximum atomic E-state index is 5.91. The van der Waals surface area contributed by atoms with Crippen LogP contribution < -0.4 is 5.32 Å². The molecule has 2 heteroatoms. The minimum absolute atomic E-state index is 0.823. The topological polar surface area (TPSA) is 12.0 Å². The van der Waals surface area contributed by atoms with Crippen LogP contribution in [0.1, 0.15) is 26.3 Å². The predicted octanol–water partition coefficient (Wildman–Crippen LogP) is 4.11. The molecule has 1 nitrogen and oxygen atoms in total. The summed E-state index contributed by atoms with van der Waals surface area (Å²) in [5, 5.41) is 4.05. The average molecular weight is 200 g/mol. The summed E-state index contributed by atoms with van der Waals surface area (Å²) in [6, 6.07) is 5.88. The number of hydrogen-bond donors (Lipinski definition) is 1. The molecule has 0 aliphatic carbocycles. The third-order valence-corrected chi connectivity index (χ3v) is 2.04. The monoisotopic (exact) mass is 199 g/mol. The molecule has 1 N–H and O–H groups in total. The smallest absolute Gasteiger partial charge is 0.0455 e. The van der Waals surface area contributed by atoms with Crippen molar-refractivity contribution in [2.75, 3.05) is 11.9 Å². The van der Waals surface area contributed by atoms with E-state index in [9.17, 15) is 0 Å². The van der Waals surface area contributed by atoms with E-state index in [1.807, 2.05) is 39.0 Å². The molecule has 0 fully saturated rings. The average Bonchev–Trinajstić information content (AvgIpc) is 2.17. The third kappa shape index (κ3) is 3.69. The van der Waals surface area contributed by atoms with Gasteiger partial charge in [-0.25, -0.2) is 0 Å². The zero-order valence-electron chi connectivity index (χ0n) is 8.82. The maximum absolute atomic E-state index is 5.91. The Morgan fingerprint density at radius 2 is 1.92 bits per heavy atom. The van der Waals surface area contributed by atoms with Crippen LogP contribution >= 0.6 is 11.6 Å². The Morgan fingerprint density at radius 3 is 2.46 bits per heavy atom. The molecule has 13 heavy (non-hydrogen) atoms. The molecule has 0 heterocycles. The largest absolute Gasteiger partial charge is 0.385 e. The predicted molar refractivity (Wildman–Crippen MR) is 61.7 cm³/mol. The van der Waals surface area contributed by atoms with E-state index in [1.165, 1.54) is 0 Å². The van der Waals surface area contributed by atoms with Crippen molar-refractivity contribution < 1.29 is 0 Å². The van der Waals surface area contributed by atoms with Gasteiger partial charge in [0.15, 0.2) is 0 Å². The fraction of sp³-hybridized carbons (Fsp3) is 0.455. The van der Waals surface area contributed by atoms with Crippen molar-refractivity contribution in [2.45, 2.75) is 27.7 Å². The standard InChI is InChI=1S/C9H12ClN.C2H6/c1-3-11-9-6-4-5-8(10)7(9)2;1-2/h4-6,11H,3H2,1-2H3;1-2H3. The fourth-order valence-electron chi connectivity index (χ4n) is 0.989. The maximum Gasteiger partial charge on any atom is 0.0455 e. The van der Waals surface area contributed by atoms with Gasteiger partial charge in [0.05, 0.1) is 0 Å².